The van der Waals surface area contributed by atoms with E-state index in [0.29, 0.717) is 0 Å². The maximum Gasteiger partial charge on any atom is 0.340 e. The molecule has 0 saturated carbocycles. The van der Waals surface area contributed by atoms with Crippen molar-refractivity contribution < 1.29 is 32.2 Å². The third kappa shape index (κ3) is 3.58. The molecule has 1 aromatic heterocycles. The Morgan fingerprint density at radius 2 is 2.18 bits per heavy atom. The molecule has 0 fully saturated rings. The maximum atomic E-state index is 12.5. The van der Waals surface area contributed by atoms with E-state index in [0.717, 1.165) is 18.3 Å². The molecule has 0 aromatic carbocycles. The highest BCUT2D eigenvalue weighted by Crippen LogP contribution is 2.23. The van der Waals surface area contributed by atoms with Crippen LogP contribution in [-0.2, 0) is 0 Å². The number of aromatic nitrogens is 1. The first-order chi connectivity index (χ1) is 7.83. The summed E-state index contributed by atoms with van der Waals surface area (Å²) >= 11 is 0. The van der Waals surface area contributed by atoms with Crippen LogP contribution in [0.5, 0.6) is 5.88 Å². The van der Waals surface area contributed by atoms with Crippen LogP contribution in [0.2, 0.25) is 0 Å². The molecule has 1 N–H and O–H groups in total. The second kappa shape index (κ2) is 4.98. The molecule has 0 aliphatic heterocycles. The van der Waals surface area contributed by atoms with Crippen molar-refractivity contribution in [3.8, 4) is 5.88 Å². The Bertz CT molecular complexity index is 411. The molecule has 4 nitrogen and oxygen atoms in total. The van der Waals surface area contributed by atoms with E-state index in [9.17, 15) is 22.4 Å². The Hall–Kier alpha value is -1.86. The topological polar surface area (TPSA) is 59.4 Å². The fraction of sp³-hybridized carbons (Fsp3) is 0.333. The summed E-state index contributed by atoms with van der Waals surface area (Å²) in [7, 11) is 0. The molecule has 0 atom stereocenters. The number of rotatable bonds is 5. The van der Waals surface area contributed by atoms with E-state index in [1.165, 1.54) is 0 Å². The SMILES string of the molecule is O=C(O)c1ccnc(OCC(F)(F)C(F)F)c1. The van der Waals surface area contributed by atoms with Crippen molar-refractivity contribution >= 4 is 5.97 Å². The zero-order chi connectivity index (χ0) is 13.1. The van der Waals surface area contributed by atoms with Crippen LogP contribution in [0.4, 0.5) is 17.6 Å². The quantitative estimate of drug-likeness (QED) is 0.816. The monoisotopic (exact) mass is 253 g/mol. The van der Waals surface area contributed by atoms with Crippen molar-refractivity contribution in [2.45, 2.75) is 12.3 Å². The highest BCUT2D eigenvalue weighted by Gasteiger charge is 2.41. The molecule has 1 rings (SSSR count). The number of ether oxygens (including phenoxy) is 1. The normalized spacial score (nSPS) is 11.6. The number of alkyl halides is 4. The Kier molecular flexibility index (Phi) is 3.87. The van der Waals surface area contributed by atoms with Crippen molar-refractivity contribution in [1.29, 1.82) is 0 Å². The molecule has 17 heavy (non-hydrogen) atoms. The van der Waals surface area contributed by atoms with Gasteiger partial charge in [-0.05, 0) is 6.07 Å². The lowest BCUT2D eigenvalue weighted by atomic mass is 10.3. The molecule has 0 spiro atoms. The maximum absolute atomic E-state index is 12.5. The summed E-state index contributed by atoms with van der Waals surface area (Å²) < 4.78 is 52.8. The van der Waals surface area contributed by atoms with Crippen LogP contribution in [0.1, 0.15) is 10.4 Å². The van der Waals surface area contributed by atoms with E-state index in [-0.39, 0.29) is 5.56 Å². The lowest BCUT2D eigenvalue weighted by Gasteiger charge is -2.15. The Balaban J connectivity index is 2.70. The lowest BCUT2D eigenvalue weighted by molar-refractivity contribution is -0.148. The number of hydrogen-bond acceptors (Lipinski definition) is 3. The van der Waals surface area contributed by atoms with E-state index in [4.69, 9.17) is 5.11 Å². The van der Waals surface area contributed by atoms with Gasteiger partial charge >= 0.3 is 18.3 Å². The van der Waals surface area contributed by atoms with Crippen molar-refractivity contribution in [1.82, 2.24) is 4.98 Å². The van der Waals surface area contributed by atoms with Crippen LogP contribution in [-0.4, -0.2) is 35.0 Å². The van der Waals surface area contributed by atoms with Crippen LogP contribution in [0.3, 0.4) is 0 Å². The van der Waals surface area contributed by atoms with Gasteiger partial charge in [-0.2, -0.15) is 8.78 Å². The van der Waals surface area contributed by atoms with Gasteiger partial charge < -0.3 is 9.84 Å². The number of hydrogen-bond donors (Lipinski definition) is 1. The minimum absolute atomic E-state index is 0.240. The fourth-order valence-corrected chi connectivity index (χ4v) is 0.855. The number of carboxylic acids is 1. The molecule has 0 radical (unpaired) electrons. The van der Waals surface area contributed by atoms with Gasteiger partial charge in [0.05, 0.1) is 5.56 Å². The lowest BCUT2D eigenvalue weighted by Crippen LogP contribution is -2.33. The third-order valence-electron chi connectivity index (χ3n) is 1.71. The fourth-order valence-electron chi connectivity index (χ4n) is 0.855. The van der Waals surface area contributed by atoms with Gasteiger partial charge in [-0.3, -0.25) is 0 Å². The van der Waals surface area contributed by atoms with Crippen molar-refractivity contribution in [2.75, 3.05) is 6.61 Å². The van der Waals surface area contributed by atoms with E-state index in [1.54, 1.807) is 0 Å². The molecule has 0 saturated heterocycles. The summed E-state index contributed by atoms with van der Waals surface area (Å²) in [6.45, 7) is -1.57. The molecule has 0 bridgehead atoms. The zero-order valence-corrected chi connectivity index (χ0v) is 8.24. The summed E-state index contributed by atoms with van der Waals surface area (Å²) in [5.74, 6) is -6.07. The Morgan fingerprint density at radius 1 is 1.53 bits per heavy atom. The summed E-state index contributed by atoms with van der Waals surface area (Å²) in [6, 6.07) is 1.98. The Labute approximate surface area is 92.8 Å². The van der Waals surface area contributed by atoms with Gasteiger partial charge in [-0.25, -0.2) is 18.6 Å². The zero-order valence-electron chi connectivity index (χ0n) is 8.24. The summed E-state index contributed by atoms with van der Waals surface area (Å²) in [6.07, 6.45) is -2.84. The van der Waals surface area contributed by atoms with Gasteiger partial charge in [0.25, 0.3) is 0 Å². The minimum Gasteiger partial charge on any atom is -0.478 e. The molecule has 94 valence electrons. The number of carboxylic acid groups (broad SMARTS) is 1. The van der Waals surface area contributed by atoms with E-state index in [2.05, 4.69) is 9.72 Å². The first-order valence-electron chi connectivity index (χ1n) is 4.31. The largest absolute Gasteiger partial charge is 0.478 e. The summed E-state index contributed by atoms with van der Waals surface area (Å²) in [5.41, 5.74) is -0.240. The van der Waals surface area contributed by atoms with Crippen molar-refractivity contribution in [3.05, 3.63) is 23.9 Å². The number of pyridine rings is 1. The van der Waals surface area contributed by atoms with Gasteiger partial charge in [0.15, 0.2) is 6.61 Å². The average molecular weight is 253 g/mol. The standard InChI is InChI=1S/C9H7F4NO3/c10-8(11)9(12,13)4-17-6-3-5(7(15)16)1-2-14-6/h1-3,8H,4H2,(H,15,16). The van der Waals surface area contributed by atoms with Crippen LogP contribution in [0, 0.1) is 0 Å². The average Bonchev–Trinajstić information content (AvgIpc) is 2.26. The van der Waals surface area contributed by atoms with Crippen LogP contribution < -0.4 is 4.74 Å². The van der Waals surface area contributed by atoms with E-state index < -0.39 is 30.8 Å². The van der Waals surface area contributed by atoms with Gasteiger partial charge in [-0.15, -0.1) is 0 Å². The van der Waals surface area contributed by atoms with E-state index in [1.807, 2.05) is 0 Å². The first-order valence-corrected chi connectivity index (χ1v) is 4.31. The molecule has 0 amide bonds. The second-order valence-electron chi connectivity index (χ2n) is 3.04. The van der Waals surface area contributed by atoms with Gasteiger partial charge in [0.1, 0.15) is 0 Å². The summed E-state index contributed by atoms with van der Waals surface area (Å²) in [4.78, 5) is 13.9. The summed E-state index contributed by atoms with van der Waals surface area (Å²) in [5, 5.41) is 8.57. The predicted molar refractivity (Wildman–Crippen MR) is 47.6 cm³/mol. The molecule has 8 heteroatoms. The Morgan fingerprint density at radius 3 is 2.71 bits per heavy atom. The molecule has 1 heterocycles. The number of halogens is 4. The number of nitrogens with zero attached hydrogens (tertiary/aromatic N) is 1. The van der Waals surface area contributed by atoms with Crippen LogP contribution in [0.15, 0.2) is 18.3 Å². The van der Waals surface area contributed by atoms with Gasteiger partial charge in [0.2, 0.25) is 5.88 Å². The number of carbonyl (C=O) groups is 1. The highest BCUT2D eigenvalue weighted by molar-refractivity contribution is 5.87. The molecular formula is C9H7F4NO3. The molecule has 1 aromatic rings. The second-order valence-corrected chi connectivity index (χ2v) is 3.04. The third-order valence-corrected chi connectivity index (χ3v) is 1.71. The minimum atomic E-state index is -4.30. The van der Waals surface area contributed by atoms with Gasteiger partial charge in [-0.1, -0.05) is 0 Å². The predicted octanol–water partition coefficient (Wildman–Crippen LogP) is 2.06. The molecule has 0 unspecified atom stereocenters. The van der Waals surface area contributed by atoms with Crippen molar-refractivity contribution in [3.63, 3.8) is 0 Å². The van der Waals surface area contributed by atoms with E-state index >= 15 is 0 Å². The van der Waals surface area contributed by atoms with Gasteiger partial charge in [0, 0.05) is 12.3 Å². The molecule has 0 aliphatic rings. The molecular weight excluding hydrogens is 246 g/mol. The van der Waals surface area contributed by atoms with Crippen LogP contribution >= 0.6 is 0 Å². The molecule has 0 aliphatic carbocycles. The number of aromatic carboxylic acids is 1. The highest BCUT2D eigenvalue weighted by atomic mass is 19.3. The van der Waals surface area contributed by atoms with Crippen molar-refractivity contribution in [2.24, 2.45) is 0 Å². The smallest absolute Gasteiger partial charge is 0.340 e. The first kappa shape index (κ1) is 13.2. The van der Waals surface area contributed by atoms with Crippen LogP contribution in [0.25, 0.3) is 0 Å².